The normalized spacial score (nSPS) is 20.3. The fraction of sp³-hybridized carbons (Fsp3) is 0.500. The van der Waals surface area contributed by atoms with Gasteiger partial charge in [0.15, 0.2) is 0 Å². The molecule has 1 aliphatic rings. The molecule has 0 aromatic heterocycles. The van der Waals surface area contributed by atoms with Crippen molar-refractivity contribution in [2.24, 2.45) is 11.8 Å². The average Bonchev–Trinajstić information content (AvgIpc) is 2.48. The van der Waals surface area contributed by atoms with Crippen LogP contribution in [0.5, 0.6) is 0 Å². The van der Waals surface area contributed by atoms with Gasteiger partial charge in [0.05, 0.1) is 6.54 Å². The second-order valence-electron chi connectivity index (χ2n) is 5.88. The molecular formula is C18H23NO2. The van der Waals surface area contributed by atoms with Gasteiger partial charge in [-0.2, -0.15) is 0 Å². The molecule has 2 unspecified atom stereocenters. The van der Waals surface area contributed by atoms with Gasteiger partial charge in [-0.3, -0.25) is 9.69 Å². The molecule has 3 nitrogen and oxygen atoms in total. The van der Waals surface area contributed by atoms with Crippen LogP contribution in [0.4, 0.5) is 0 Å². The number of rotatable bonds is 4. The van der Waals surface area contributed by atoms with E-state index in [0.29, 0.717) is 5.92 Å². The van der Waals surface area contributed by atoms with Crippen LogP contribution >= 0.6 is 0 Å². The fourth-order valence-electron chi connectivity index (χ4n) is 2.92. The van der Waals surface area contributed by atoms with Crippen LogP contribution in [-0.4, -0.2) is 35.6 Å². The summed E-state index contributed by atoms with van der Waals surface area (Å²) in [7, 11) is 0. The Balaban J connectivity index is 1.84. The van der Waals surface area contributed by atoms with Crippen LogP contribution in [0.2, 0.25) is 0 Å². The lowest BCUT2D eigenvalue weighted by atomic mass is 9.85. The first-order chi connectivity index (χ1) is 10.1. The standard InChI is InChI=1S/C18H23NO2/c1-15(13-18(20)21)17-10-6-12-19(14-17)11-5-9-16-7-3-2-4-8-16/h2-4,7-8,15,17H,6,10-14H2,1H3,(H,20,21). The summed E-state index contributed by atoms with van der Waals surface area (Å²) in [5.41, 5.74) is 1.05. The maximum Gasteiger partial charge on any atom is 0.303 e. The van der Waals surface area contributed by atoms with Gasteiger partial charge in [-0.25, -0.2) is 0 Å². The monoisotopic (exact) mass is 285 g/mol. The van der Waals surface area contributed by atoms with Gasteiger partial charge in [-0.1, -0.05) is 37.0 Å². The minimum atomic E-state index is -0.691. The van der Waals surface area contributed by atoms with E-state index in [4.69, 9.17) is 5.11 Å². The van der Waals surface area contributed by atoms with Crippen molar-refractivity contribution in [3.63, 3.8) is 0 Å². The molecule has 1 N–H and O–H groups in total. The minimum Gasteiger partial charge on any atom is -0.481 e. The van der Waals surface area contributed by atoms with Crippen LogP contribution in [0, 0.1) is 23.7 Å². The summed E-state index contributed by atoms with van der Waals surface area (Å²) in [4.78, 5) is 13.2. The van der Waals surface area contributed by atoms with E-state index in [1.165, 1.54) is 0 Å². The van der Waals surface area contributed by atoms with Crippen LogP contribution in [0.25, 0.3) is 0 Å². The largest absolute Gasteiger partial charge is 0.481 e. The Morgan fingerprint density at radius 1 is 1.43 bits per heavy atom. The molecule has 0 bridgehead atoms. The highest BCUT2D eigenvalue weighted by molar-refractivity contribution is 5.67. The number of benzene rings is 1. The highest BCUT2D eigenvalue weighted by Gasteiger charge is 2.25. The molecule has 21 heavy (non-hydrogen) atoms. The van der Waals surface area contributed by atoms with E-state index in [1.54, 1.807) is 0 Å². The number of hydrogen-bond acceptors (Lipinski definition) is 2. The van der Waals surface area contributed by atoms with Crippen LogP contribution in [-0.2, 0) is 4.79 Å². The van der Waals surface area contributed by atoms with Crippen molar-refractivity contribution in [2.45, 2.75) is 26.2 Å². The molecule has 1 aliphatic heterocycles. The Morgan fingerprint density at radius 2 is 2.19 bits per heavy atom. The van der Waals surface area contributed by atoms with E-state index in [2.05, 4.69) is 23.7 Å². The summed E-state index contributed by atoms with van der Waals surface area (Å²) < 4.78 is 0. The second-order valence-corrected chi connectivity index (χ2v) is 5.88. The van der Waals surface area contributed by atoms with Gasteiger partial charge in [-0.05, 0) is 43.4 Å². The fourth-order valence-corrected chi connectivity index (χ4v) is 2.92. The molecule has 1 heterocycles. The third kappa shape index (κ3) is 5.24. The summed E-state index contributed by atoms with van der Waals surface area (Å²) in [6.45, 7) is 4.86. The van der Waals surface area contributed by atoms with E-state index in [0.717, 1.165) is 38.0 Å². The number of aliphatic carboxylic acids is 1. The Bertz CT molecular complexity index is 515. The van der Waals surface area contributed by atoms with Gasteiger partial charge in [0, 0.05) is 18.5 Å². The molecular weight excluding hydrogens is 262 g/mol. The van der Waals surface area contributed by atoms with Gasteiger partial charge in [0.2, 0.25) is 0 Å². The number of carboxylic acids is 1. The zero-order valence-corrected chi connectivity index (χ0v) is 12.6. The molecule has 2 atom stereocenters. The first kappa shape index (κ1) is 15.6. The predicted molar refractivity (Wildman–Crippen MR) is 83.9 cm³/mol. The molecule has 2 rings (SSSR count). The predicted octanol–water partition coefficient (Wildman–Crippen LogP) is 2.86. The summed E-state index contributed by atoms with van der Waals surface area (Å²) in [5.74, 6) is 6.45. The van der Waals surface area contributed by atoms with Crippen molar-refractivity contribution < 1.29 is 9.90 Å². The number of carbonyl (C=O) groups is 1. The maximum absolute atomic E-state index is 10.8. The molecule has 0 amide bonds. The third-order valence-corrected chi connectivity index (χ3v) is 4.15. The van der Waals surface area contributed by atoms with Gasteiger partial charge < -0.3 is 5.11 Å². The highest BCUT2D eigenvalue weighted by atomic mass is 16.4. The van der Waals surface area contributed by atoms with Crippen LogP contribution in [0.15, 0.2) is 30.3 Å². The molecule has 0 saturated carbocycles. The van der Waals surface area contributed by atoms with Crippen molar-refractivity contribution in [1.82, 2.24) is 4.90 Å². The minimum absolute atomic E-state index is 0.243. The van der Waals surface area contributed by atoms with Crippen molar-refractivity contribution in [3.05, 3.63) is 35.9 Å². The number of carboxylic acid groups (broad SMARTS) is 1. The smallest absolute Gasteiger partial charge is 0.303 e. The first-order valence-electron chi connectivity index (χ1n) is 7.63. The molecule has 1 aromatic rings. The molecule has 0 spiro atoms. The summed E-state index contributed by atoms with van der Waals surface area (Å²) >= 11 is 0. The summed E-state index contributed by atoms with van der Waals surface area (Å²) in [5, 5.41) is 8.91. The number of hydrogen-bond donors (Lipinski definition) is 1. The lowest BCUT2D eigenvalue weighted by Gasteiger charge is -2.34. The zero-order valence-electron chi connectivity index (χ0n) is 12.6. The van der Waals surface area contributed by atoms with Gasteiger partial charge in [-0.15, -0.1) is 0 Å². The quantitative estimate of drug-likeness (QED) is 0.865. The van der Waals surface area contributed by atoms with E-state index in [1.807, 2.05) is 30.3 Å². The van der Waals surface area contributed by atoms with E-state index >= 15 is 0 Å². The SMILES string of the molecule is CC(CC(=O)O)C1CCCN(CC#Cc2ccccc2)C1. The maximum atomic E-state index is 10.8. The summed E-state index contributed by atoms with van der Waals surface area (Å²) in [6, 6.07) is 10.0. The Kier molecular flexibility index (Phi) is 5.83. The Morgan fingerprint density at radius 3 is 2.90 bits per heavy atom. The van der Waals surface area contributed by atoms with Crippen molar-refractivity contribution in [1.29, 1.82) is 0 Å². The van der Waals surface area contributed by atoms with Gasteiger partial charge in [0.25, 0.3) is 0 Å². The number of likely N-dealkylation sites (tertiary alicyclic amines) is 1. The van der Waals surface area contributed by atoms with Crippen LogP contribution < -0.4 is 0 Å². The molecule has 0 radical (unpaired) electrons. The molecule has 1 aromatic carbocycles. The zero-order chi connectivity index (χ0) is 15.1. The van der Waals surface area contributed by atoms with Gasteiger partial charge in [0.1, 0.15) is 0 Å². The average molecular weight is 285 g/mol. The molecule has 1 saturated heterocycles. The van der Waals surface area contributed by atoms with Crippen LogP contribution in [0.3, 0.4) is 0 Å². The third-order valence-electron chi connectivity index (χ3n) is 4.15. The van der Waals surface area contributed by atoms with Crippen molar-refractivity contribution >= 4 is 5.97 Å². The lowest BCUT2D eigenvalue weighted by Crippen LogP contribution is -2.38. The molecule has 3 heteroatoms. The van der Waals surface area contributed by atoms with Crippen molar-refractivity contribution in [2.75, 3.05) is 19.6 Å². The topological polar surface area (TPSA) is 40.5 Å². The summed E-state index contributed by atoms with van der Waals surface area (Å²) in [6.07, 6.45) is 2.55. The van der Waals surface area contributed by atoms with Gasteiger partial charge >= 0.3 is 5.97 Å². The van der Waals surface area contributed by atoms with Crippen LogP contribution in [0.1, 0.15) is 31.7 Å². The number of piperidine rings is 1. The Labute approximate surface area is 127 Å². The lowest BCUT2D eigenvalue weighted by molar-refractivity contribution is -0.138. The second kappa shape index (κ2) is 7.85. The number of nitrogens with zero attached hydrogens (tertiary/aromatic N) is 1. The first-order valence-corrected chi connectivity index (χ1v) is 7.63. The molecule has 1 fully saturated rings. The van der Waals surface area contributed by atoms with E-state index in [9.17, 15) is 4.79 Å². The highest BCUT2D eigenvalue weighted by Crippen LogP contribution is 2.25. The van der Waals surface area contributed by atoms with Crippen molar-refractivity contribution in [3.8, 4) is 11.8 Å². The van der Waals surface area contributed by atoms with E-state index in [-0.39, 0.29) is 12.3 Å². The van der Waals surface area contributed by atoms with E-state index < -0.39 is 5.97 Å². The molecule has 112 valence electrons. The molecule has 0 aliphatic carbocycles. The Hall–Kier alpha value is -1.79.